The molecule has 140 valence electrons. The van der Waals surface area contributed by atoms with E-state index in [1.165, 1.54) is 24.3 Å². The molecule has 0 aliphatic rings. The summed E-state index contributed by atoms with van der Waals surface area (Å²) in [6.07, 6.45) is 0. The number of sulfonamides is 1. The van der Waals surface area contributed by atoms with Crippen LogP contribution in [0.15, 0.2) is 35.2 Å². The number of aryl methyl sites for hydroxylation is 1. The molecule has 0 unspecified atom stereocenters. The van der Waals surface area contributed by atoms with Crippen LogP contribution in [0, 0.1) is 13.8 Å². The minimum Gasteiger partial charge on any atom is -0.452 e. The van der Waals surface area contributed by atoms with Gasteiger partial charge in [0.15, 0.2) is 6.61 Å². The Bertz CT molecular complexity index is 930. The highest BCUT2D eigenvalue weighted by molar-refractivity contribution is 7.89. The molecule has 2 rings (SSSR count). The topological polar surface area (TPSA) is 120 Å². The second-order valence-electron chi connectivity index (χ2n) is 5.72. The van der Waals surface area contributed by atoms with Gasteiger partial charge in [-0.2, -0.15) is 0 Å². The number of anilines is 1. The number of benzene rings is 1. The maximum absolute atomic E-state index is 12.2. The lowest BCUT2D eigenvalue weighted by molar-refractivity contribution is -0.119. The lowest BCUT2D eigenvalue weighted by atomic mass is 10.2. The van der Waals surface area contributed by atoms with E-state index in [1.54, 1.807) is 6.07 Å². The van der Waals surface area contributed by atoms with Gasteiger partial charge in [0.1, 0.15) is 0 Å². The van der Waals surface area contributed by atoms with Gasteiger partial charge in [-0.3, -0.25) is 4.79 Å². The van der Waals surface area contributed by atoms with E-state index in [9.17, 15) is 18.0 Å². The molecule has 0 aliphatic carbocycles. The van der Waals surface area contributed by atoms with E-state index >= 15 is 0 Å². The lowest BCUT2D eigenvalue weighted by Crippen LogP contribution is -2.21. The van der Waals surface area contributed by atoms with Gasteiger partial charge >= 0.3 is 5.97 Å². The van der Waals surface area contributed by atoms with Crippen molar-refractivity contribution < 1.29 is 22.7 Å². The number of carbonyl (C=O) groups is 2. The molecule has 0 atom stereocenters. The van der Waals surface area contributed by atoms with Crippen molar-refractivity contribution in [2.24, 2.45) is 5.14 Å². The predicted octanol–water partition coefficient (Wildman–Crippen LogP) is 1.57. The summed E-state index contributed by atoms with van der Waals surface area (Å²) >= 11 is 0. The second-order valence-corrected chi connectivity index (χ2v) is 7.28. The van der Waals surface area contributed by atoms with Gasteiger partial charge in [-0.15, -0.1) is 0 Å². The fourth-order valence-corrected chi connectivity index (χ4v) is 3.14. The number of nitrogens with one attached hydrogen (secondary N) is 1. The summed E-state index contributed by atoms with van der Waals surface area (Å²) in [5, 5.41) is 7.52. The number of primary sulfonamides is 1. The highest BCUT2D eigenvalue weighted by Crippen LogP contribution is 2.16. The molecule has 0 saturated heterocycles. The van der Waals surface area contributed by atoms with E-state index < -0.39 is 28.5 Å². The van der Waals surface area contributed by atoms with Gasteiger partial charge in [0.2, 0.25) is 10.0 Å². The maximum atomic E-state index is 12.2. The van der Waals surface area contributed by atoms with Crippen molar-refractivity contribution in [3.63, 3.8) is 0 Å². The Kier molecular flexibility index (Phi) is 5.83. The van der Waals surface area contributed by atoms with Gasteiger partial charge in [-0.1, -0.05) is 0 Å². The van der Waals surface area contributed by atoms with Crippen LogP contribution in [-0.4, -0.2) is 31.5 Å². The summed E-state index contributed by atoms with van der Waals surface area (Å²) in [5.41, 5.74) is 2.52. The van der Waals surface area contributed by atoms with Gasteiger partial charge in [0, 0.05) is 23.6 Å². The summed E-state index contributed by atoms with van der Waals surface area (Å²) < 4.78 is 29.4. The minimum atomic E-state index is -3.79. The highest BCUT2D eigenvalue weighted by Gasteiger charge is 2.17. The predicted molar refractivity (Wildman–Crippen MR) is 96.3 cm³/mol. The summed E-state index contributed by atoms with van der Waals surface area (Å²) in [5.74, 6) is -1.11. The van der Waals surface area contributed by atoms with Crippen molar-refractivity contribution in [2.75, 3.05) is 11.9 Å². The summed E-state index contributed by atoms with van der Waals surface area (Å²) in [6.45, 7) is 5.97. The molecule has 0 fully saturated rings. The number of ether oxygens (including phenoxy) is 1. The lowest BCUT2D eigenvalue weighted by Gasteiger charge is -2.08. The molecule has 26 heavy (non-hydrogen) atoms. The zero-order valence-corrected chi connectivity index (χ0v) is 15.6. The Balaban J connectivity index is 1.95. The number of amides is 1. The third-order valence-corrected chi connectivity index (χ3v) is 4.84. The van der Waals surface area contributed by atoms with Crippen LogP contribution in [0.5, 0.6) is 0 Å². The van der Waals surface area contributed by atoms with Crippen LogP contribution in [0.4, 0.5) is 5.69 Å². The number of hydrogen-bond acceptors (Lipinski definition) is 5. The molecule has 0 aliphatic heterocycles. The molecule has 1 amide bonds. The van der Waals surface area contributed by atoms with E-state index in [4.69, 9.17) is 9.88 Å². The molecule has 0 radical (unpaired) electrons. The molecule has 9 heteroatoms. The van der Waals surface area contributed by atoms with Gasteiger partial charge in [-0.25, -0.2) is 18.4 Å². The van der Waals surface area contributed by atoms with Gasteiger partial charge in [0.05, 0.1) is 10.5 Å². The summed E-state index contributed by atoms with van der Waals surface area (Å²) in [4.78, 5) is 24.0. The van der Waals surface area contributed by atoms with Crippen molar-refractivity contribution in [3.05, 3.63) is 47.3 Å². The SMILES string of the molecule is CCn1c(C)cc(C(=O)OCC(=O)Nc2ccc(S(N)(=O)=O)cc2)c1C. The average Bonchev–Trinajstić information content (AvgIpc) is 2.86. The van der Waals surface area contributed by atoms with Crippen molar-refractivity contribution in [1.29, 1.82) is 0 Å². The number of rotatable bonds is 6. The summed E-state index contributed by atoms with van der Waals surface area (Å²) in [6, 6.07) is 7.07. The standard InChI is InChI=1S/C17H21N3O5S/c1-4-20-11(2)9-15(12(20)3)17(22)25-10-16(21)19-13-5-7-14(8-6-13)26(18,23)24/h5-9H,4,10H2,1-3H3,(H,19,21)(H2,18,23,24). The quantitative estimate of drug-likeness (QED) is 0.738. The molecule has 2 aromatic rings. The Morgan fingerprint density at radius 3 is 2.31 bits per heavy atom. The Morgan fingerprint density at radius 2 is 1.81 bits per heavy atom. The zero-order chi connectivity index (χ0) is 19.5. The van der Waals surface area contributed by atoms with Crippen LogP contribution in [-0.2, 0) is 26.1 Å². The number of nitrogens with two attached hydrogens (primary N) is 1. The zero-order valence-electron chi connectivity index (χ0n) is 14.8. The van der Waals surface area contributed by atoms with Crippen LogP contribution in [0.1, 0.15) is 28.7 Å². The first-order valence-electron chi connectivity index (χ1n) is 7.90. The second kappa shape index (κ2) is 7.71. The first kappa shape index (κ1) is 19.7. The van der Waals surface area contributed by atoms with E-state index in [-0.39, 0.29) is 4.90 Å². The van der Waals surface area contributed by atoms with Crippen LogP contribution >= 0.6 is 0 Å². The molecule has 8 nitrogen and oxygen atoms in total. The maximum Gasteiger partial charge on any atom is 0.340 e. The van der Waals surface area contributed by atoms with E-state index in [0.29, 0.717) is 11.3 Å². The van der Waals surface area contributed by atoms with E-state index in [2.05, 4.69) is 5.32 Å². The van der Waals surface area contributed by atoms with Crippen molar-refractivity contribution in [1.82, 2.24) is 4.57 Å². The van der Waals surface area contributed by atoms with Gasteiger partial charge < -0.3 is 14.6 Å². The number of esters is 1. The molecular weight excluding hydrogens is 358 g/mol. The molecule has 0 bridgehead atoms. The monoisotopic (exact) mass is 379 g/mol. The first-order valence-corrected chi connectivity index (χ1v) is 9.44. The van der Waals surface area contributed by atoms with Crippen LogP contribution in [0.3, 0.4) is 0 Å². The van der Waals surface area contributed by atoms with Crippen molar-refractivity contribution in [3.8, 4) is 0 Å². The largest absolute Gasteiger partial charge is 0.452 e. The molecule has 0 spiro atoms. The number of carbonyl (C=O) groups excluding carboxylic acids is 2. The van der Waals surface area contributed by atoms with Crippen LogP contribution < -0.4 is 10.5 Å². The Hall–Kier alpha value is -2.65. The fraction of sp³-hybridized carbons (Fsp3) is 0.294. The van der Waals surface area contributed by atoms with Crippen molar-refractivity contribution in [2.45, 2.75) is 32.2 Å². The molecule has 0 saturated carbocycles. The third kappa shape index (κ3) is 4.50. The number of aromatic nitrogens is 1. The van der Waals surface area contributed by atoms with Crippen LogP contribution in [0.25, 0.3) is 0 Å². The minimum absolute atomic E-state index is 0.0618. The van der Waals surface area contributed by atoms with Crippen LogP contribution in [0.2, 0.25) is 0 Å². The fourth-order valence-electron chi connectivity index (χ4n) is 2.63. The normalized spacial score (nSPS) is 11.2. The van der Waals surface area contributed by atoms with Gasteiger partial charge in [0.25, 0.3) is 5.91 Å². The smallest absolute Gasteiger partial charge is 0.340 e. The first-order chi connectivity index (χ1) is 12.1. The Morgan fingerprint density at radius 1 is 1.19 bits per heavy atom. The molecule has 1 aromatic carbocycles. The molecule has 1 heterocycles. The highest BCUT2D eigenvalue weighted by atomic mass is 32.2. The third-order valence-electron chi connectivity index (χ3n) is 3.91. The molecular formula is C17H21N3O5S. The summed E-state index contributed by atoms with van der Waals surface area (Å²) in [7, 11) is -3.79. The molecule has 3 N–H and O–H groups in total. The van der Waals surface area contributed by atoms with Crippen molar-refractivity contribution >= 4 is 27.6 Å². The number of hydrogen-bond donors (Lipinski definition) is 2. The van der Waals surface area contributed by atoms with Gasteiger partial charge in [-0.05, 0) is 51.1 Å². The van der Waals surface area contributed by atoms with E-state index in [1.807, 2.05) is 25.3 Å². The number of nitrogens with zero attached hydrogens (tertiary/aromatic N) is 1. The van der Waals surface area contributed by atoms with E-state index in [0.717, 1.165) is 17.9 Å². The molecule has 1 aromatic heterocycles. The Labute approximate surface area is 152 Å². The average molecular weight is 379 g/mol.